The van der Waals surface area contributed by atoms with Crippen LogP contribution in [0.2, 0.25) is 0 Å². The van der Waals surface area contributed by atoms with Gasteiger partial charge in [0.1, 0.15) is 6.10 Å². The van der Waals surface area contributed by atoms with Crippen LogP contribution >= 0.6 is 0 Å². The Balaban J connectivity index is 1.66. The van der Waals surface area contributed by atoms with Gasteiger partial charge in [-0.25, -0.2) is 0 Å². The van der Waals surface area contributed by atoms with Gasteiger partial charge < -0.3 is 4.84 Å². The molecule has 0 amide bonds. The third-order valence-electron chi connectivity index (χ3n) is 8.24. The smallest absolute Gasteiger partial charge is 0.294 e. The topological polar surface area (TPSA) is 69.4 Å². The van der Waals surface area contributed by atoms with E-state index < -0.39 is 5.09 Å². The van der Waals surface area contributed by atoms with Gasteiger partial charge in [-0.05, 0) is 74.2 Å². The van der Waals surface area contributed by atoms with E-state index in [0.29, 0.717) is 30.6 Å². The normalized spacial score (nSPS) is 44.2. The number of hydrogen-bond donors (Lipinski definition) is 0. The van der Waals surface area contributed by atoms with Gasteiger partial charge in [0, 0.05) is 18.3 Å². The molecule has 0 saturated heterocycles. The summed E-state index contributed by atoms with van der Waals surface area (Å²) in [5, 5.41) is 10.4. The molecule has 3 fully saturated rings. The molecule has 0 radical (unpaired) electrons. The molecule has 4 aliphatic carbocycles. The minimum absolute atomic E-state index is 0.112. The molecule has 0 aliphatic heterocycles. The highest BCUT2D eigenvalue weighted by molar-refractivity contribution is 5.91. The SMILES string of the molecule is C#CC[C@]12CC[C@H]3[C@@H](CCC4=CC(=O)CC[C@@]43C)[C@@H]1CC[C@@H]2O[N+](=O)[O-]. The van der Waals surface area contributed by atoms with Crippen molar-refractivity contribution in [2.75, 3.05) is 0 Å². The van der Waals surface area contributed by atoms with E-state index in [1.54, 1.807) is 0 Å². The van der Waals surface area contributed by atoms with Crippen LogP contribution in [0.1, 0.15) is 64.7 Å². The van der Waals surface area contributed by atoms with E-state index in [2.05, 4.69) is 12.8 Å². The highest BCUT2D eigenvalue weighted by Crippen LogP contribution is 2.66. The lowest BCUT2D eigenvalue weighted by molar-refractivity contribution is -0.772. The Bertz CT molecular complexity index is 707. The molecule has 3 saturated carbocycles. The van der Waals surface area contributed by atoms with Gasteiger partial charge in [-0.1, -0.05) is 12.5 Å². The lowest BCUT2D eigenvalue weighted by Gasteiger charge is -2.58. The summed E-state index contributed by atoms with van der Waals surface area (Å²) < 4.78 is 0. The maximum Gasteiger partial charge on any atom is 0.294 e. The summed E-state index contributed by atoms with van der Waals surface area (Å²) in [5.74, 6) is 4.58. The average Bonchev–Trinajstić information content (AvgIpc) is 2.94. The fraction of sp³-hybridized carbons (Fsp3) is 0.762. The van der Waals surface area contributed by atoms with Crippen LogP contribution in [-0.2, 0) is 9.63 Å². The molecule has 0 heterocycles. The molecule has 5 heteroatoms. The zero-order valence-electron chi connectivity index (χ0n) is 15.4. The average molecular weight is 357 g/mol. The first kappa shape index (κ1) is 17.6. The second-order valence-electron chi connectivity index (χ2n) is 9.02. The number of rotatable bonds is 3. The first-order valence-corrected chi connectivity index (χ1v) is 9.89. The van der Waals surface area contributed by atoms with Gasteiger partial charge in [0.15, 0.2) is 5.78 Å². The number of carbonyl (C=O) groups excluding carboxylic acids is 1. The summed E-state index contributed by atoms with van der Waals surface area (Å²) in [7, 11) is 0. The molecule has 26 heavy (non-hydrogen) atoms. The predicted molar refractivity (Wildman–Crippen MR) is 96.4 cm³/mol. The quantitative estimate of drug-likeness (QED) is 0.433. The summed E-state index contributed by atoms with van der Waals surface area (Å²) in [5.41, 5.74) is 1.21. The molecule has 0 aromatic heterocycles. The molecule has 140 valence electrons. The zero-order chi connectivity index (χ0) is 18.5. The van der Waals surface area contributed by atoms with E-state index in [9.17, 15) is 14.9 Å². The van der Waals surface area contributed by atoms with Crippen LogP contribution in [0, 0.1) is 51.0 Å². The van der Waals surface area contributed by atoms with E-state index in [-0.39, 0.29) is 22.7 Å². The first-order valence-electron chi connectivity index (χ1n) is 9.89. The monoisotopic (exact) mass is 357 g/mol. The van der Waals surface area contributed by atoms with Gasteiger partial charge in [-0.15, -0.1) is 22.5 Å². The van der Waals surface area contributed by atoms with Crippen molar-refractivity contribution >= 4 is 5.78 Å². The van der Waals surface area contributed by atoms with Crippen molar-refractivity contribution < 1.29 is 14.7 Å². The van der Waals surface area contributed by atoms with Crippen LogP contribution in [0.5, 0.6) is 0 Å². The molecular formula is C21H27NO4. The van der Waals surface area contributed by atoms with Gasteiger partial charge in [-0.2, -0.15) is 0 Å². The van der Waals surface area contributed by atoms with E-state index in [1.165, 1.54) is 5.57 Å². The number of ketones is 1. The van der Waals surface area contributed by atoms with E-state index >= 15 is 0 Å². The Morgan fingerprint density at radius 3 is 2.81 bits per heavy atom. The molecule has 0 aromatic carbocycles. The number of hydrogen-bond acceptors (Lipinski definition) is 4. The van der Waals surface area contributed by atoms with Crippen LogP contribution in [0.25, 0.3) is 0 Å². The van der Waals surface area contributed by atoms with Crippen LogP contribution in [-0.4, -0.2) is 17.0 Å². The van der Waals surface area contributed by atoms with E-state index in [0.717, 1.165) is 44.9 Å². The third kappa shape index (κ3) is 2.41. The van der Waals surface area contributed by atoms with Crippen LogP contribution < -0.4 is 0 Å². The molecule has 0 bridgehead atoms. The first-order chi connectivity index (χ1) is 12.4. The van der Waals surface area contributed by atoms with Crippen molar-refractivity contribution in [3.8, 4) is 12.3 Å². The molecule has 0 spiro atoms. The molecule has 6 atom stereocenters. The highest BCUT2D eigenvalue weighted by atomic mass is 17.0. The van der Waals surface area contributed by atoms with Crippen molar-refractivity contribution in [2.45, 2.75) is 70.8 Å². The standard InChI is InChI=1S/C21H27NO4/c1-3-10-21-12-9-17-16(18(21)6-7-19(21)26-22(24)25)5-4-14-13-15(23)8-11-20(14,17)2/h1,13,16-19H,4-12H2,2H3/t16-,17+,18+,19+,20+,21+/m1/s1. The summed E-state index contributed by atoms with van der Waals surface area (Å²) in [4.78, 5) is 28.1. The molecule has 0 aromatic rings. The van der Waals surface area contributed by atoms with Gasteiger partial charge >= 0.3 is 0 Å². The van der Waals surface area contributed by atoms with Crippen molar-refractivity contribution in [3.63, 3.8) is 0 Å². The van der Waals surface area contributed by atoms with Gasteiger partial charge in [-0.3, -0.25) is 4.79 Å². The van der Waals surface area contributed by atoms with E-state index in [1.807, 2.05) is 6.08 Å². The molecular weight excluding hydrogens is 330 g/mol. The lowest BCUT2D eigenvalue weighted by atomic mass is 9.46. The Morgan fingerprint density at radius 1 is 1.27 bits per heavy atom. The molecule has 0 unspecified atom stereocenters. The fourth-order valence-corrected chi connectivity index (χ4v) is 7.11. The molecule has 4 rings (SSSR count). The molecule has 4 aliphatic rings. The van der Waals surface area contributed by atoms with Crippen LogP contribution in [0.4, 0.5) is 0 Å². The van der Waals surface area contributed by atoms with Crippen LogP contribution in [0.3, 0.4) is 0 Å². The van der Waals surface area contributed by atoms with Crippen molar-refractivity contribution in [2.24, 2.45) is 28.6 Å². The highest BCUT2D eigenvalue weighted by Gasteiger charge is 2.61. The molecule has 0 N–H and O–H groups in total. The maximum absolute atomic E-state index is 11.9. The number of terminal acetylenes is 1. The summed E-state index contributed by atoms with van der Waals surface area (Å²) in [6.07, 6.45) is 15.1. The Morgan fingerprint density at radius 2 is 2.08 bits per heavy atom. The predicted octanol–water partition coefficient (Wildman–Crippen LogP) is 4.10. The van der Waals surface area contributed by atoms with Gasteiger partial charge in [0.25, 0.3) is 5.09 Å². The van der Waals surface area contributed by atoms with Crippen molar-refractivity contribution in [3.05, 3.63) is 21.8 Å². The second-order valence-corrected chi connectivity index (χ2v) is 9.02. The molecule has 5 nitrogen and oxygen atoms in total. The van der Waals surface area contributed by atoms with Crippen molar-refractivity contribution in [1.29, 1.82) is 0 Å². The number of fused-ring (bicyclic) bond motifs is 5. The van der Waals surface area contributed by atoms with Gasteiger partial charge in [0.05, 0.1) is 0 Å². The third-order valence-corrected chi connectivity index (χ3v) is 8.24. The van der Waals surface area contributed by atoms with E-state index in [4.69, 9.17) is 11.3 Å². The zero-order valence-corrected chi connectivity index (χ0v) is 15.4. The minimum Gasteiger partial charge on any atom is -0.310 e. The Hall–Kier alpha value is -1.83. The van der Waals surface area contributed by atoms with Gasteiger partial charge in [0.2, 0.25) is 0 Å². The number of allylic oxidation sites excluding steroid dienone is 1. The maximum atomic E-state index is 11.9. The Labute approximate surface area is 154 Å². The second kappa shape index (κ2) is 6.11. The number of carbonyl (C=O) groups is 1. The van der Waals surface area contributed by atoms with Crippen LogP contribution in [0.15, 0.2) is 11.6 Å². The summed E-state index contributed by atoms with van der Waals surface area (Å²) in [6.45, 7) is 2.34. The summed E-state index contributed by atoms with van der Waals surface area (Å²) >= 11 is 0. The number of nitrogens with zero attached hydrogens (tertiary/aromatic N) is 1. The Kier molecular flexibility index (Phi) is 4.13. The summed E-state index contributed by atoms with van der Waals surface area (Å²) in [6, 6.07) is 0. The van der Waals surface area contributed by atoms with Crippen molar-refractivity contribution in [1.82, 2.24) is 0 Å². The lowest BCUT2D eigenvalue weighted by Crippen LogP contribution is -2.52. The minimum atomic E-state index is -0.632. The fourth-order valence-electron chi connectivity index (χ4n) is 7.11. The largest absolute Gasteiger partial charge is 0.310 e.